The van der Waals surface area contributed by atoms with Crippen molar-refractivity contribution in [3.8, 4) is 0 Å². The van der Waals surface area contributed by atoms with Crippen molar-refractivity contribution in [1.82, 2.24) is 0 Å². The normalized spacial score (nSPS) is 23.7. The van der Waals surface area contributed by atoms with E-state index in [0.717, 1.165) is 8.58 Å². The van der Waals surface area contributed by atoms with Crippen LogP contribution in [0.25, 0.3) is 0 Å². The van der Waals surface area contributed by atoms with Crippen LogP contribution in [-0.2, 0) is 0 Å². The average molecular weight is 222 g/mol. The van der Waals surface area contributed by atoms with Crippen LogP contribution in [-0.4, -0.2) is 0 Å². The van der Waals surface area contributed by atoms with E-state index in [1.165, 1.54) is 64.2 Å². The third-order valence-corrected chi connectivity index (χ3v) is 4.95. The second-order valence-electron chi connectivity index (χ2n) is 4.78. The number of allylic oxidation sites excluding steroid dienone is 4. The molecule has 2 rings (SSSR count). The van der Waals surface area contributed by atoms with Crippen molar-refractivity contribution in [3.63, 3.8) is 0 Å². The average Bonchev–Trinajstić information content (AvgIpc) is 2.63. The number of rotatable bonds is 2. The summed E-state index contributed by atoms with van der Waals surface area (Å²) >= 11 is 0. The van der Waals surface area contributed by atoms with Crippen LogP contribution in [0.3, 0.4) is 0 Å². The molecule has 0 saturated heterocycles. The van der Waals surface area contributed by atoms with E-state index in [9.17, 15) is 0 Å². The van der Waals surface area contributed by atoms with Gasteiger partial charge in [-0.15, -0.1) is 0 Å². The van der Waals surface area contributed by atoms with Crippen LogP contribution in [0.2, 0.25) is 0 Å². The Bertz CT molecular complexity index is 224. The standard InChI is InChI=1S/C14H23P/c1-2-6-10-13(9-5-1)15-14-11-7-3-4-8-12-14/h9,11,15H,1-8,10,12H2. The first-order valence-electron chi connectivity index (χ1n) is 6.60. The molecule has 0 unspecified atom stereocenters. The van der Waals surface area contributed by atoms with Crippen LogP contribution in [0.4, 0.5) is 0 Å². The molecule has 0 spiro atoms. The lowest BCUT2D eigenvalue weighted by Gasteiger charge is -2.08. The molecule has 0 saturated carbocycles. The van der Waals surface area contributed by atoms with E-state index in [1.807, 2.05) is 0 Å². The van der Waals surface area contributed by atoms with Gasteiger partial charge in [0, 0.05) is 0 Å². The molecule has 0 aliphatic heterocycles. The molecule has 0 atom stereocenters. The molecule has 0 N–H and O–H groups in total. The van der Waals surface area contributed by atoms with Crippen molar-refractivity contribution in [1.29, 1.82) is 0 Å². The fourth-order valence-corrected chi connectivity index (χ4v) is 3.97. The molecular weight excluding hydrogens is 199 g/mol. The molecule has 0 heterocycles. The van der Waals surface area contributed by atoms with Gasteiger partial charge in [0.25, 0.3) is 0 Å². The van der Waals surface area contributed by atoms with E-state index in [-0.39, 0.29) is 0 Å². The molecule has 0 nitrogen and oxygen atoms in total. The first kappa shape index (κ1) is 11.4. The third-order valence-electron chi connectivity index (χ3n) is 3.40. The van der Waals surface area contributed by atoms with Gasteiger partial charge in [-0.1, -0.05) is 33.6 Å². The van der Waals surface area contributed by atoms with Gasteiger partial charge < -0.3 is 0 Å². The van der Waals surface area contributed by atoms with Gasteiger partial charge in [0.15, 0.2) is 0 Å². The molecule has 2 aliphatic rings. The number of hydrogen-bond acceptors (Lipinski definition) is 0. The van der Waals surface area contributed by atoms with Crippen LogP contribution in [0.15, 0.2) is 22.8 Å². The lowest BCUT2D eigenvalue weighted by molar-refractivity contribution is 0.714. The highest BCUT2D eigenvalue weighted by Gasteiger charge is 2.07. The predicted molar refractivity (Wildman–Crippen MR) is 70.7 cm³/mol. The summed E-state index contributed by atoms with van der Waals surface area (Å²) in [7, 11) is 1.04. The van der Waals surface area contributed by atoms with Gasteiger partial charge >= 0.3 is 0 Å². The van der Waals surface area contributed by atoms with Crippen molar-refractivity contribution < 1.29 is 0 Å². The molecule has 0 aromatic heterocycles. The minimum Gasteiger partial charge on any atom is -0.0808 e. The lowest BCUT2D eigenvalue weighted by Crippen LogP contribution is -1.78. The quantitative estimate of drug-likeness (QED) is 0.552. The van der Waals surface area contributed by atoms with Crippen molar-refractivity contribution in [2.75, 3.05) is 0 Å². The van der Waals surface area contributed by atoms with Gasteiger partial charge in [0.05, 0.1) is 0 Å². The van der Waals surface area contributed by atoms with Crippen LogP contribution < -0.4 is 0 Å². The highest BCUT2D eigenvalue weighted by Crippen LogP contribution is 2.41. The fourth-order valence-electron chi connectivity index (χ4n) is 2.46. The van der Waals surface area contributed by atoms with Crippen molar-refractivity contribution in [3.05, 3.63) is 22.8 Å². The highest BCUT2D eigenvalue weighted by molar-refractivity contribution is 7.47. The summed E-state index contributed by atoms with van der Waals surface area (Å²) in [6, 6.07) is 0. The zero-order valence-electron chi connectivity index (χ0n) is 9.73. The van der Waals surface area contributed by atoms with Crippen molar-refractivity contribution in [2.24, 2.45) is 0 Å². The molecule has 0 radical (unpaired) electrons. The Labute approximate surface area is 96.0 Å². The van der Waals surface area contributed by atoms with Gasteiger partial charge in [-0.3, -0.25) is 0 Å². The van der Waals surface area contributed by atoms with E-state index < -0.39 is 0 Å². The maximum atomic E-state index is 2.54. The van der Waals surface area contributed by atoms with E-state index >= 15 is 0 Å². The number of hydrogen-bond donors (Lipinski definition) is 0. The summed E-state index contributed by atoms with van der Waals surface area (Å²) in [5.74, 6) is 0. The SMILES string of the molecule is C1=C(PC2=CCCCCC2)CCCCC1. The van der Waals surface area contributed by atoms with Crippen molar-refractivity contribution >= 4 is 8.58 Å². The Kier molecular flexibility index (Phi) is 4.93. The monoisotopic (exact) mass is 222 g/mol. The van der Waals surface area contributed by atoms with Crippen LogP contribution >= 0.6 is 8.58 Å². The maximum absolute atomic E-state index is 2.54. The van der Waals surface area contributed by atoms with E-state index in [1.54, 1.807) is 10.6 Å². The summed E-state index contributed by atoms with van der Waals surface area (Å²) in [6.07, 6.45) is 19.1. The molecule has 1 heteroatoms. The molecule has 0 aromatic carbocycles. The topological polar surface area (TPSA) is 0 Å². The minimum atomic E-state index is 1.04. The molecule has 0 amide bonds. The summed E-state index contributed by atoms with van der Waals surface area (Å²) in [5, 5.41) is 3.53. The molecule has 0 bridgehead atoms. The summed E-state index contributed by atoms with van der Waals surface area (Å²) in [4.78, 5) is 0. The van der Waals surface area contributed by atoms with Gasteiger partial charge in [0.1, 0.15) is 0 Å². The molecule has 0 fully saturated rings. The zero-order chi connectivity index (χ0) is 10.3. The van der Waals surface area contributed by atoms with E-state index in [0.29, 0.717) is 0 Å². The Morgan fingerprint density at radius 3 is 1.73 bits per heavy atom. The third kappa shape index (κ3) is 4.11. The summed E-state index contributed by atoms with van der Waals surface area (Å²) in [6.45, 7) is 0. The van der Waals surface area contributed by atoms with Crippen LogP contribution in [0.5, 0.6) is 0 Å². The Morgan fingerprint density at radius 2 is 1.20 bits per heavy atom. The zero-order valence-corrected chi connectivity index (χ0v) is 10.7. The Morgan fingerprint density at radius 1 is 0.667 bits per heavy atom. The van der Waals surface area contributed by atoms with Gasteiger partial charge in [-0.25, -0.2) is 0 Å². The van der Waals surface area contributed by atoms with Gasteiger partial charge in [-0.05, 0) is 62.0 Å². The first-order valence-corrected chi connectivity index (χ1v) is 7.60. The lowest BCUT2D eigenvalue weighted by atomic mass is 10.2. The van der Waals surface area contributed by atoms with Crippen LogP contribution in [0, 0.1) is 0 Å². The molecule has 0 aromatic rings. The van der Waals surface area contributed by atoms with Crippen molar-refractivity contribution in [2.45, 2.75) is 64.2 Å². The smallest absolute Gasteiger partial charge is 0.0277 e. The second-order valence-corrected chi connectivity index (χ2v) is 6.32. The molecule has 84 valence electrons. The van der Waals surface area contributed by atoms with E-state index in [4.69, 9.17) is 0 Å². The van der Waals surface area contributed by atoms with Crippen LogP contribution in [0.1, 0.15) is 64.2 Å². The highest BCUT2D eigenvalue weighted by atomic mass is 31.1. The summed E-state index contributed by atoms with van der Waals surface area (Å²) < 4.78 is 0. The predicted octanol–water partition coefficient (Wildman–Crippen LogP) is 5.36. The molecular formula is C14H23P. The van der Waals surface area contributed by atoms with Gasteiger partial charge in [-0.2, -0.15) is 0 Å². The summed E-state index contributed by atoms with van der Waals surface area (Å²) in [5.41, 5.74) is 0. The fraction of sp³-hybridized carbons (Fsp3) is 0.714. The molecule has 2 aliphatic carbocycles. The largest absolute Gasteiger partial charge is 0.0808 e. The Hall–Kier alpha value is -0.0900. The maximum Gasteiger partial charge on any atom is -0.0277 e. The molecule has 15 heavy (non-hydrogen) atoms. The Balaban J connectivity index is 1.88. The second kappa shape index (κ2) is 6.48. The van der Waals surface area contributed by atoms with E-state index in [2.05, 4.69) is 12.2 Å². The minimum absolute atomic E-state index is 1.04. The van der Waals surface area contributed by atoms with Gasteiger partial charge in [0.2, 0.25) is 0 Å². The first-order chi connectivity index (χ1) is 7.45.